The zero-order valence-electron chi connectivity index (χ0n) is 17.1. The maximum absolute atomic E-state index is 12.1. The third kappa shape index (κ3) is 7.21. The van der Waals surface area contributed by atoms with Crippen LogP contribution in [0.2, 0.25) is 0 Å². The lowest BCUT2D eigenvalue weighted by molar-refractivity contribution is -0.136. The van der Waals surface area contributed by atoms with Gasteiger partial charge in [0.05, 0.1) is 6.42 Å². The number of carbonyl (C=O) groups is 3. The van der Waals surface area contributed by atoms with E-state index in [1.807, 2.05) is 51.1 Å². The van der Waals surface area contributed by atoms with Crippen LogP contribution in [0, 0.1) is 13.8 Å². The van der Waals surface area contributed by atoms with Crippen molar-refractivity contribution in [1.29, 1.82) is 0 Å². The van der Waals surface area contributed by atoms with Gasteiger partial charge in [0, 0.05) is 17.1 Å². The number of hydrogen-bond donors (Lipinski definition) is 3. The van der Waals surface area contributed by atoms with E-state index < -0.39 is 11.8 Å². The van der Waals surface area contributed by atoms with Crippen LogP contribution in [0.25, 0.3) is 0 Å². The fourth-order valence-corrected chi connectivity index (χ4v) is 2.73. The van der Waals surface area contributed by atoms with E-state index in [1.54, 1.807) is 19.1 Å². The average Bonchev–Trinajstić information content (AvgIpc) is 2.65. The number of aryl methyl sites for hydroxylation is 3. The molecule has 0 saturated carbocycles. The molecule has 0 aromatic heterocycles. The van der Waals surface area contributed by atoms with Gasteiger partial charge in [-0.2, -0.15) is 5.10 Å². The van der Waals surface area contributed by atoms with Crippen molar-refractivity contribution < 1.29 is 14.4 Å². The van der Waals surface area contributed by atoms with E-state index >= 15 is 0 Å². The highest BCUT2D eigenvalue weighted by Crippen LogP contribution is 2.14. The Balaban J connectivity index is 1.84. The van der Waals surface area contributed by atoms with Crippen molar-refractivity contribution in [1.82, 2.24) is 5.43 Å². The molecule has 3 N–H and O–H groups in total. The minimum atomic E-state index is -0.904. The maximum atomic E-state index is 12.1. The molecule has 7 nitrogen and oxygen atoms in total. The summed E-state index contributed by atoms with van der Waals surface area (Å²) in [5, 5.41) is 9.12. The van der Waals surface area contributed by atoms with Crippen LogP contribution in [0.4, 0.5) is 11.4 Å². The van der Waals surface area contributed by atoms with Crippen molar-refractivity contribution in [2.24, 2.45) is 5.10 Å². The summed E-state index contributed by atoms with van der Waals surface area (Å²) in [6.07, 6.45) is 0.882. The Morgan fingerprint density at radius 3 is 2.07 bits per heavy atom. The Hall–Kier alpha value is -3.48. The monoisotopic (exact) mass is 394 g/mol. The number of nitrogens with zero attached hydrogens (tertiary/aromatic N) is 1. The summed E-state index contributed by atoms with van der Waals surface area (Å²) in [4.78, 5) is 36.0. The predicted molar refractivity (Wildman–Crippen MR) is 115 cm³/mol. The Bertz CT molecular complexity index is 913. The summed E-state index contributed by atoms with van der Waals surface area (Å²) in [5.74, 6) is -1.99. The summed E-state index contributed by atoms with van der Waals surface area (Å²) in [6, 6.07) is 13.0. The van der Waals surface area contributed by atoms with Gasteiger partial charge in [0.2, 0.25) is 5.91 Å². The second kappa shape index (κ2) is 10.2. The van der Waals surface area contributed by atoms with Gasteiger partial charge in [0.1, 0.15) is 0 Å². The zero-order chi connectivity index (χ0) is 21.4. The van der Waals surface area contributed by atoms with E-state index in [4.69, 9.17) is 0 Å². The van der Waals surface area contributed by atoms with Crippen LogP contribution in [0.3, 0.4) is 0 Å². The minimum Gasteiger partial charge on any atom is -0.326 e. The molecule has 0 aliphatic heterocycles. The molecule has 0 saturated heterocycles. The van der Waals surface area contributed by atoms with Crippen molar-refractivity contribution in [2.75, 3.05) is 10.6 Å². The first-order valence-corrected chi connectivity index (χ1v) is 9.38. The number of rotatable bonds is 6. The van der Waals surface area contributed by atoms with Crippen molar-refractivity contribution in [3.63, 3.8) is 0 Å². The van der Waals surface area contributed by atoms with Crippen LogP contribution in [-0.4, -0.2) is 23.4 Å². The fourth-order valence-electron chi connectivity index (χ4n) is 2.73. The van der Waals surface area contributed by atoms with Crippen LogP contribution >= 0.6 is 0 Å². The maximum Gasteiger partial charge on any atom is 0.329 e. The van der Waals surface area contributed by atoms with Gasteiger partial charge in [0.25, 0.3) is 0 Å². The first-order chi connectivity index (χ1) is 13.8. The Labute approximate surface area is 170 Å². The summed E-state index contributed by atoms with van der Waals surface area (Å²) < 4.78 is 0. The average molecular weight is 394 g/mol. The van der Waals surface area contributed by atoms with Crippen LogP contribution < -0.4 is 16.1 Å². The predicted octanol–water partition coefficient (Wildman–Crippen LogP) is 3.33. The van der Waals surface area contributed by atoms with Crippen LogP contribution in [0.15, 0.2) is 47.6 Å². The van der Waals surface area contributed by atoms with Gasteiger partial charge >= 0.3 is 11.8 Å². The van der Waals surface area contributed by atoms with Crippen molar-refractivity contribution in [3.05, 3.63) is 59.2 Å². The second-order valence-electron chi connectivity index (χ2n) is 6.89. The van der Waals surface area contributed by atoms with E-state index in [2.05, 4.69) is 21.2 Å². The van der Waals surface area contributed by atoms with Crippen molar-refractivity contribution in [3.8, 4) is 0 Å². The fraction of sp³-hybridized carbons (Fsp3) is 0.273. The molecule has 7 heteroatoms. The molecular formula is C22H26N4O3. The van der Waals surface area contributed by atoms with Gasteiger partial charge in [0.15, 0.2) is 0 Å². The second-order valence-corrected chi connectivity index (χ2v) is 6.89. The van der Waals surface area contributed by atoms with Gasteiger partial charge < -0.3 is 10.6 Å². The highest BCUT2D eigenvalue weighted by molar-refractivity contribution is 6.39. The van der Waals surface area contributed by atoms with Crippen LogP contribution in [-0.2, 0) is 20.8 Å². The third-order valence-corrected chi connectivity index (χ3v) is 4.10. The normalized spacial score (nSPS) is 11.0. The van der Waals surface area contributed by atoms with E-state index in [-0.39, 0.29) is 12.3 Å². The molecule has 3 amide bonds. The Morgan fingerprint density at radius 1 is 0.862 bits per heavy atom. The molecule has 152 valence electrons. The smallest absolute Gasteiger partial charge is 0.326 e. The summed E-state index contributed by atoms with van der Waals surface area (Å²) in [6.45, 7) is 7.54. The largest absolute Gasteiger partial charge is 0.329 e. The third-order valence-electron chi connectivity index (χ3n) is 4.10. The van der Waals surface area contributed by atoms with Crippen molar-refractivity contribution in [2.45, 2.75) is 40.5 Å². The number of carbonyl (C=O) groups excluding carboxylic acids is 3. The quantitative estimate of drug-likeness (QED) is 0.398. The molecule has 2 rings (SSSR count). The molecule has 0 aliphatic rings. The molecule has 0 radical (unpaired) electrons. The Kier molecular flexibility index (Phi) is 7.65. The molecule has 2 aromatic rings. The highest BCUT2D eigenvalue weighted by atomic mass is 16.2. The zero-order valence-corrected chi connectivity index (χ0v) is 17.1. The van der Waals surface area contributed by atoms with Gasteiger partial charge in [-0.1, -0.05) is 25.1 Å². The van der Waals surface area contributed by atoms with Crippen molar-refractivity contribution >= 4 is 34.8 Å². The summed E-state index contributed by atoms with van der Waals surface area (Å²) in [7, 11) is 0. The molecule has 0 unspecified atom stereocenters. The highest BCUT2D eigenvalue weighted by Gasteiger charge is 2.13. The number of amides is 3. The SMILES string of the molecule is CCc1ccc(NC(=O)C(=O)N/N=C(/C)CC(=O)Nc2cc(C)cc(C)c2)cc1. The number of nitrogens with one attached hydrogen (secondary N) is 3. The van der Waals surface area contributed by atoms with E-state index in [1.165, 1.54) is 0 Å². The molecule has 0 spiro atoms. The van der Waals surface area contributed by atoms with Gasteiger partial charge in [-0.05, 0) is 68.1 Å². The number of hydrazone groups is 1. The van der Waals surface area contributed by atoms with Gasteiger partial charge in [-0.25, -0.2) is 5.43 Å². The molecule has 0 heterocycles. The first-order valence-electron chi connectivity index (χ1n) is 9.38. The summed E-state index contributed by atoms with van der Waals surface area (Å²) in [5.41, 5.74) is 7.00. The lowest BCUT2D eigenvalue weighted by atomic mass is 10.1. The van der Waals surface area contributed by atoms with Crippen LogP contribution in [0.5, 0.6) is 0 Å². The lowest BCUT2D eigenvalue weighted by Crippen LogP contribution is -2.33. The van der Waals surface area contributed by atoms with Crippen LogP contribution in [0.1, 0.15) is 37.0 Å². The van der Waals surface area contributed by atoms with E-state index in [0.717, 1.165) is 23.1 Å². The lowest BCUT2D eigenvalue weighted by Gasteiger charge is -2.08. The van der Waals surface area contributed by atoms with E-state index in [9.17, 15) is 14.4 Å². The molecule has 0 aliphatic carbocycles. The summed E-state index contributed by atoms with van der Waals surface area (Å²) >= 11 is 0. The number of benzene rings is 2. The van der Waals surface area contributed by atoms with Gasteiger partial charge in [-0.15, -0.1) is 0 Å². The topological polar surface area (TPSA) is 99.7 Å². The van der Waals surface area contributed by atoms with Gasteiger partial charge in [-0.3, -0.25) is 14.4 Å². The number of anilines is 2. The molecular weight excluding hydrogens is 368 g/mol. The Morgan fingerprint density at radius 2 is 1.48 bits per heavy atom. The molecule has 2 aromatic carbocycles. The van der Waals surface area contributed by atoms with E-state index in [0.29, 0.717) is 17.1 Å². The standard InChI is InChI=1S/C22H26N4O3/c1-5-17-6-8-18(9-7-17)24-21(28)22(29)26-25-16(4)13-20(27)23-19-11-14(2)10-15(3)12-19/h6-12H,5,13H2,1-4H3,(H,23,27)(H,24,28)(H,26,29)/b25-16-. The number of hydrogen-bond acceptors (Lipinski definition) is 4. The molecule has 0 atom stereocenters. The molecule has 29 heavy (non-hydrogen) atoms. The first kappa shape index (κ1) is 21.8. The minimum absolute atomic E-state index is 0.00658. The molecule has 0 fully saturated rings. The molecule has 0 bridgehead atoms.